The summed E-state index contributed by atoms with van der Waals surface area (Å²) >= 11 is 6.02. The zero-order valence-corrected chi connectivity index (χ0v) is 14.4. The van der Waals surface area contributed by atoms with E-state index in [0.717, 1.165) is 28.0 Å². The number of hydrogen-bond donors (Lipinski definition) is 1. The topological polar surface area (TPSA) is 65.1 Å². The average molecular weight is 343 g/mol. The Morgan fingerprint density at radius 2 is 1.75 bits per heavy atom. The van der Waals surface area contributed by atoms with Gasteiger partial charge in [0.25, 0.3) is 0 Å². The predicted octanol–water partition coefficient (Wildman–Crippen LogP) is 4.47. The van der Waals surface area contributed by atoms with Gasteiger partial charge in [0.2, 0.25) is 0 Å². The molecule has 1 heterocycles. The van der Waals surface area contributed by atoms with Crippen molar-refractivity contribution in [3.8, 4) is 0 Å². The van der Waals surface area contributed by atoms with Crippen molar-refractivity contribution in [3.05, 3.63) is 65.3 Å². The van der Waals surface area contributed by atoms with Crippen molar-refractivity contribution in [1.82, 2.24) is 4.57 Å². The van der Waals surface area contributed by atoms with Crippen molar-refractivity contribution in [3.63, 3.8) is 0 Å². The first-order chi connectivity index (χ1) is 11.5. The molecule has 1 unspecified atom stereocenters. The van der Waals surface area contributed by atoms with Crippen LogP contribution in [0, 0.1) is 0 Å². The van der Waals surface area contributed by atoms with E-state index in [0.29, 0.717) is 0 Å². The number of nitrogens with two attached hydrogens (primary N) is 1. The van der Waals surface area contributed by atoms with Gasteiger partial charge in [0.15, 0.2) is 0 Å². The minimum atomic E-state index is -0.125. The molecule has 0 fully saturated rings. The van der Waals surface area contributed by atoms with Gasteiger partial charge >= 0.3 is 6.15 Å². The summed E-state index contributed by atoms with van der Waals surface area (Å²) in [5.41, 5.74) is 9.18. The van der Waals surface area contributed by atoms with Crippen molar-refractivity contribution < 1.29 is 9.59 Å². The van der Waals surface area contributed by atoms with E-state index < -0.39 is 0 Å². The molecule has 1 aromatic heterocycles. The molecule has 3 rings (SSSR count). The molecule has 5 heteroatoms. The van der Waals surface area contributed by atoms with Gasteiger partial charge in [0, 0.05) is 22.3 Å². The number of carbonyl (C=O) groups excluding carboxylic acids is 2. The van der Waals surface area contributed by atoms with Gasteiger partial charge < -0.3 is 10.3 Å². The number of hydrogen-bond acceptors (Lipinski definition) is 3. The van der Waals surface area contributed by atoms with E-state index >= 15 is 0 Å². The lowest BCUT2D eigenvalue weighted by Gasteiger charge is -2.32. The molecule has 24 heavy (non-hydrogen) atoms. The highest BCUT2D eigenvalue weighted by Crippen LogP contribution is 2.35. The number of nitrogen functional groups attached to an aromatic ring is 1. The first-order valence-electron chi connectivity index (χ1n) is 7.59. The summed E-state index contributed by atoms with van der Waals surface area (Å²) in [6.07, 6.45) is 3.35. The maximum absolute atomic E-state index is 8.12. The van der Waals surface area contributed by atoms with Crippen molar-refractivity contribution >= 4 is 34.3 Å². The van der Waals surface area contributed by atoms with Crippen LogP contribution < -0.4 is 5.73 Å². The molecule has 2 N–H and O–H groups in total. The van der Waals surface area contributed by atoms with E-state index in [9.17, 15) is 0 Å². The van der Waals surface area contributed by atoms with E-state index in [2.05, 4.69) is 48.9 Å². The molecule has 0 spiro atoms. The first-order valence-corrected chi connectivity index (χ1v) is 7.97. The third-order valence-corrected chi connectivity index (χ3v) is 4.70. The lowest BCUT2D eigenvalue weighted by Crippen LogP contribution is -2.29. The highest BCUT2D eigenvalue weighted by atomic mass is 35.5. The smallest absolute Gasteiger partial charge is 0.373 e. The first kappa shape index (κ1) is 17.8. The zero-order chi connectivity index (χ0) is 17.7. The number of benzene rings is 2. The Hall–Kier alpha value is -2.55. The van der Waals surface area contributed by atoms with Crippen molar-refractivity contribution in [1.29, 1.82) is 0 Å². The van der Waals surface area contributed by atoms with Crippen molar-refractivity contribution in [2.45, 2.75) is 25.8 Å². The maximum atomic E-state index is 8.12. The largest absolute Gasteiger partial charge is 0.398 e. The summed E-state index contributed by atoms with van der Waals surface area (Å²) in [6, 6.07) is 16.3. The SMILES string of the molecule is CCC(C)(c1ccc(Cl)cc1)n1ccc2c(N)cccc21.O=C=O. The van der Waals surface area contributed by atoms with E-state index in [1.807, 2.05) is 24.3 Å². The fourth-order valence-electron chi connectivity index (χ4n) is 2.94. The Labute approximate surface area is 145 Å². The van der Waals surface area contributed by atoms with Crippen LogP contribution in [0.2, 0.25) is 5.02 Å². The fourth-order valence-corrected chi connectivity index (χ4v) is 3.07. The van der Waals surface area contributed by atoms with Gasteiger partial charge in [-0.05, 0) is 49.2 Å². The van der Waals surface area contributed by atoms with E-state index in [1.54, 1.807) is 0 Å². The lowest BCUT2D eigenvalue weighted by molar-refractivity contribution is -0.191. The number of anilines is 1. The van der Waals surface area contributed by atoms with Crippen LogP contribution in [0.1, 0.15) is 25.8 Å². The van der Waals surface area contributed by atoms with Crippen LogP contribution in [-0.2, 0) is 15.1 Å². The third kappa shape index (κ3) is 3.21. The molecule has 4 nitrogen and oxygen atoms in total. The van der Waals surface area contributed by atoms with Crippen LogP contribution in [0.5, 0.6) is 0 Å². The van der Waals surface area contributed by atoms with Crippen LogP contribution >= 0.6 is 11.6 Å². The molecule has 0 saturated carbocycles. The normalized spacial score (nSPS) is 12.8. The monoisotopic (exact) mass is 342 g/mol. The molecule has 3 aromatic rings. The van der Waals surface area contributed by atoms with Gasteiger partial charge in [-0.2, -0.15) is 9.59 Å². The Bertz CT molecular complexity index is 865. The fraction of sp³-hybridized carbons (Fsp3) is 0.211. The van der Waals surface area contributed by atoms with Crippen LogP contribution in [0.3, 0.4) is 0 Å². The molecule has 0 bridgehead atoms. The van der Waals surface area contributed by atoms with E-state index in [-0.39, 0.29) is 11.7 Å². The van der Waals surface area contributed by atoms with Gasteiger partial charge in [-0.1, -0.05) is 36.7 Å². The molecular weight excluding hydrogens is 324 g/mol. The van der Waals surface area contributed by atoms with Crippen molar-refractivity contribution in [2.75, 3.05) is 5.73 Å². The molecular formula is C19H19ClN2O2. The summed E-state index contributed by atoms with van der Waals surface area (Å²) in [7, 11) is 0. The van der Waals surface area contributed by atoms with Gasteiger partial charge in [0.1, 0.15) is 0 Å². The number of halogens is 1. The summed E-state index contributed by atoms with van der Waals surface area (Å²) in [6.45, 7) is 4.45. The molecule has 0 saturated heterocycles. The summed E-state index contributed by atoms with van der Waals surface area (Å²) in [5, 5.41) is 1.87. The minimum absolute atomic E-state index is 0.125. The number of aromatic nitrogens is 1. The van der Waals surface area contributed by atoms with Gasteiger partial charge in [-0.25, -0.2) is 0 Å². The second kappa shape index (κ2) is 7.35. The molecule has 0 amide bonds. The molecule has 0 aliphatic carbocycles. The second-order valence-electron chi connectivity index (χ2n) is 5.68. The Balaban J connectivity index is 0.000000647. The molecule has 0 aliphatic rings. The van der Waals surface area contributed by atoms with Gasteiger partial charge in [0.05, 0.1) is 11.1 Å². The van der Waals surface area contributed by atoms with Crippen molar-refractivity contribution in [2.24, 2.45) is 0 Å². The number of nitrogens with zero attached hydrogens (tertiary/aromatic N) is 1. The van der Waals surface area contributed by atoms with Crippen LogP contribution in [0.25, 0.3) is 10.9 Å². The highest BCUT2D eigenvalue weighted by molar-refractivity contribution is 6.30. The standard InChI is InChI=1S/C18H19ClN2.CO2/c1-3-18(2,13-7-9-14(19)10-8-13)21-12-11-15-16(20)5-4-6-17(15)21;2-1-3/h4-12H,3,20H2,1-2H3;. The molecule has 1 atom stereocenters. The number of rotatable bonds is 3. The molecule has 0 aliphatic heterocycles. The zero-order valence-electron chi connectivity index (χ0n) is 13.6. The Morgan fingerprint density at radius 3 is 2.33 bits per heavy atom. The van der Waals surface area contributed by atoms with E-state index in [4.69, 9.17) is 26.9 Å². The lowest BCUT2D eigenvalue weighted by atomic mass is 9.89. The van der Waals surface area contributed by atoms with Crippen LogP contribution in [0.4, 0.5) is 5.69 Å². The predicted molar refractivity (Wildman–Crippen MR) is 95.9 cm³/mol. The van der Waals surface area contributed by atoms with Gasteiger partial charge in [-0.15, -0.1) is 0 Å². The molecule has 2 aromatic carbocycles. The summed E-state index contributed by atoms with van der Waals surface area (Å²) < 4.78 is 2.31. The van der Waals surface area contributed by atoms with Crippen LogP contribution in [0.15, 0.2) is 54.7 Å². The minimum Gasteiger partial charge on any atom is -0.398 e. The average Bonchev–Trinajstić information content (AvgIpc) is 3.01. The molecule has 124 valence electrons. The quantitative estimate of drug-likeness (QED) is 0.714. The Kier molecular flexibility index (Phi) is 5.45. The van der Waals surface area contributed by atoms with E-state index in [1.165, 1.54) is 5.56 Å². The second-order valence-corrected chi connectivity index (χ2v) is 6.12. The maximum Gasteiger partial charge on any atom is 0.373 e. The summed E-state index contributed by atoms with van der Waals surface area (Å²) in [5.74, 6) is 0. The number of fused-ring (bicyclic) bond motifs is 1. The van der Waals surface area contributed by atoms with Gasteiger partial charge in [-0.3, -0.25) is 0 Å². The summed E-state index contributed by atoms with van der Waals surface area (Å²) in [4.78, 5) is 16.2. The third-order valence-electron chi connectivity index (χ3n) is 4.45. The van der Waals surface area contributed by atoms with Crippen LogP contribution in [-0.4, -0.2) is 10.7 Å². The molecule has 0 radical (unpaired) electrons. The highest BCUT2D eigenvalue weighted by Gasteiger charge is 2.27. The Morgan fingerprint density at radius 1 is 1.12 bits per heavy atom.